The zero-order chi connectivity index (χ0) is 20.8. The molecule has 0 bridgehead atoms. The van der Waals surface area contributed by atoms with E-state index in [0.29, 0.717) is 18.5 Å². The second-order valence-corrected chi connectivity index (χ2v) is 7.77. The van der Waals surface area contributed by atoms with Gasteiger partial charge < -0.3 is 15.0 Å². The smallest absolute Gasteiger partial charge is 0.223 e. The second-order valence-electron chi connectivity index (χ2n) is 7.77. The number of nitrogens with one attached hydrogen (secondary N) is 1. The molecule has 0 spiro atoms. The Balaban J connectivity index is 1.71. The summed E-state index contributed by atoms with van der Waals surface area (Å²) in [5, 5.41) is 12.2. The molecular weight excluding hydrogens is 381 g/mol. The summed E-state index contributed by atoms with van der Waals surface area (Å²) >= 11 is 0. The molecule has 2 heterocycles. The molecule has 2 N–H and O–H groups in total. The average Bonchev–Trinajstić information content (AvgIpc) is 3.23. The number of hydrogen-bond acceptors (Lipinski definition) is 5. The van der Waals surface area contributed by atoms with Gasteiger partial charge in [0.15, 0.2) is 0 Å². The van der Waals surface area contributed by atoms with Gasteiger partial charge >= 0.3 is 0 Å². The lowest BCUT2D eigenvalue weighted by Gasteiger charge is -2.25. The minimum Gasteiger partial charge on any atom is -0.396 e. The highest BCUT2D eigenvalue weighted by Gasteiger charge is 2.23. The molecular formula is C23H28FN5O. The quantitative estimate of drug-likeness (QED) is 0.521. The molecule has 30 heavy (non-hydrogen) atoms. The van der Waals surface area contributed by atoms with E-state index in [1.54, 1.807) is 18.3 Å². The summed E-state index contributed by atoms with van der Waals surface area (Å²) in [5.74, 6) is 0.301. The molecule has 6 nitrogen and oxygen atoms in total. The van der Waals surface area contributed by atoms with Crippen LogP contribution in [0.15, 0.2) is 42.9 Å². The zero-order valence-electron chi connectivity index (χ0n) is 17.1. The first-order valence-corrected chi connectivity index (χ1v) is 10.8. The number of aliphatic hydroxyl groups excluding tert-OH is 1. The van der Waals surface area contributed by atoms with E-state index in [4.69, 9.17) is 15.1 Å². The van der Waals surface area contributed by atoms with Gasteiger partial charge in [0.25, 0.3) is 0 Å². The van der Waals surface area contributed by atoms with Crippen molar-refractivity contribution < 1.29 is 9.50 Å². The van der Waals surface area contributed by atoms with Crippen molar-refractivity contribution in [3.63, 3.8) is 0 Å². The summed E-state index contributed by atoms with van der Waals surface area (Å²) in [7, 11) is 0. The van der Waals surface area contributed by atoms with Crippen molar-refractivity contribution in [2.75, 3.05) is 18.5 Å². The largest absolute Gasteiger partial charge is 0.396 e. The average molecular weight is 410 g/mol. The van der Waals surface area contributed by atoms with Gasteiger partial charge in [0.1, 0.15) is 5.82 Å². The Morgan fingerprint density at radius 3 is 2.60 bits per heavy atom. The summed E-state index contributed by atoms with van der Waals surface area (Å²) < 4.78 is 15.7. The third-order valence-corrected chi connectivity index (χ3v) is 5.65. The normalized spacial score (nSPS) is 14.7. The molecule has 2 aromatic heterocycles. The number of halogens is 1. The lowest BCUT2D eigenvalue weighted by Crippen LogP contribution is -2.14. The first-order chi connectivity index (χ1) is 14.8. The maximum Gasteiger partial charge on any atom is 0.223 e. The van der Waals surface area contributed by atoms with Crippen LogP contribution in [0, 0.1) is 5.82 Å². The fourth-order valence-electron chi connectivity index (χ4n) is 4.08. The molecule has 1 saturated carbocycles. The highest BCUT2D eigenvalue weighted by atomic mass is 19.1. The lowest BCUT2D eigenvalue weighted by molar-refractivity contribution is 0.286. The lowest BCUT2D eigenvalue weighted by atomic mass is 9.95. The van der Waals surface area contributed by atoms with Gasteiger partial charge in [0.05, 0.1) is 23.4 Å². The van der Waals surface area contributed by atoms with Crippen molar-refractivity contribution in [1.29, 1.82) is 0 Å². The summed E-state index contributed by atoms with van der Waals surface area (Å²) in [6, 6.07) is 8.76. The van der Waals surface area contributed by atoms with Gasteiger partial charge in [0.2, 0.25) is 5.95 Å². The molecule has 1 aliphatic rings. The van der Waals surface area contributed by atoms with Crippen molar-refractivity contribution in [1.82, 2.24) is 19.5 Å². The number of hydrogen-bond donors (Lipinski definition) is 2. The van der Waals surface area contributed by atoms with E-state index in [1.807, 2.05) is 12.4 Å². The fraction of sp³-hybridized carbons (Fsp3) is 0.435. The standard InChI is InChI=1S/C23H28FN5O/c24-18-10-8-17(9-11-18)21-22(29(16-27-21)19-6-2-1-3-7-19)20-12-14-26-23(28-20)25-13-4-5-15-30/h8-12,14,16,19,30H,1-7,13,15H2,(H,25,26,28). The topological polar surface area (TPSA) is 75.9 Å². The van der Waals surface area contributed by atoms with Gasteiger partial charge in [-0.25, -0.2) is 19.3 Å². The Morgan fingerprint density at radius 1 is 1.03 bits per heavy atom. The molecule has 1 aliphatic carbocycles. The molecule has 4 rings (SSSR count). The summed E-state index contributed by atoms with van der Waals surface area (Å²) in [4.78, 5) is 13.8. The molecule has 158 valence electrons. The molecule has 1 fully saturated rings. The molecule has 7 heteroatoms. The van der Waals surface area contributed by atoms with Crippen LogP contribution >= 0.6 is 0 Å². The Labute approximate surface area is 176 Å². The molecule has 0 atom stereocenters. The SMILES string of the molecule is OCCCCNc1nccc(-c2c(-c3ccc(F)cc3)ncn2C2CCCCC2)n1. The zero-order valence-corrected chi connectivity index (χ0v) is 17.1. The minimum absolute atomic E-state index is 0.185. The molecule has 0 amide bonds. The molecule has 0 radical (unpaired) electrons. The van der Waals surface area contributed by atoms with Gasteiger partial charge in [-0.2, -0.15) is 0 Å². The highest BCUT2D eigenvalue weighted by molar-refractivity contribution is 5.77. The van der Waals surface area contributed by atoms with Gasteiger partial charge in [0, 0.05) is 31.0 Å². The van der Waals surface area contributed by atoms with Crippen LogP contribution in [0.4, 0.5) is 10.3 Å². The third kappa shape index (κ3) is 4.67. The van der Waals surface area contributed by atoms with Crippen molar-refractivity contribution in [3.05, 3.63) is 48.7 Å². The van der Waals surface area contributed by atoms with Gasteiger partial charge in [-0.3, -0.25) is 0 Å². The first-order valence-electron chi connectivity index (χ1n) is 10.8. The van der Waals surface area contributed by atoms with Crippen LogP contribution in [-0.2, 0) is 0 Å². The number of aromatic nitrogens is 4. The summed E-state index contributed by atoms with van der Waals surface area (Å²) in [5.41, 5.74) is 3.44. The molecule has 0 unspecified atom stereocenters. The third-order valence-electron chi connectivity index (χ3n) is 5.65. The highest BCUT2D eigenvalue weighted by Crippen LogP contribution is 2.37. The van der Waals surface area contributed by atoms with Crippen molar-refractivity contribution in [2.45, 2.75) is 51.0 Å². The first kappa shape index (κ1) is 20.5. The predicted octanol–water partition coefficient (Wildman–Crippen LogP) is 4.84. The van der Waals surface area contributed by atoms with Crippen LogP contribution in [0.2, 0.25) is 0 Å². The maximum absolute atomic E-state index is 13.5. The van der Waals surface area contributed by atoms with Crippen molar-refractivity contribution in [2.24, 2.45) is 0 Å². The molecule has 1 aromatic carbocycles. The number of aliphatic hydroxyl groups is 1. The summed E-state index contributed by atoms with van der Waals surface area (Å²) in [6.45, 7) is 0.890. The van der Waals surface area contributed by atoms with Crippen molar-refractivity contribution in [3.8, 4) is 22.6 Å². The van der Waals surface area contributed by atoms with E-state index in [9.17, 15) is 4.39 Å². The minimum atomic E-state index is -0.261. The Morgan fingerprint density at radius 2 is 1.83 bits per heavy atom. The van der Waals surface area contributed by atoms with E-state index < -0.39 is 0 Å². The predicted molar refractivity (Wildman–Crippen MR) is 116 cm³/mol. The maximum atomic E-state index is 13.5. The number of benzene rings is 1. The van der Waals surface area contributed by atoms with Gasteiger partial charge in [-0.1, -0.05) is 19.3 Å². The number of nitrogens with zero attached hydrogens (tertiary/aromatic N) is 4. The van der Waals surface area contributed by atoms with E-state index >= 15 is 0 Å². The summed E-state index contributed by atoms with van der Waals surface area (Å²) in [6.07, 6.45) is 11.2. The Bertz CT molecular complexity index is 950. The Kier molecular flexibility index (Phi) is 6.69. The Hall–Kier alpha value is -2.80. The van der Waals surface area contributed by atoms with E-state index in [-0.39, 0.29) is 12.4 Å². The molecule has 0 saturated heterocycles. The van der Waals surface area contributed by atoms with Crippen molar-refractivity contribution >= 4 is 5.95 Å². The molecule has 3 aromatic rings. The number of imidazole rings is 1. The fourth-order valence-corrected chi connectivity index (χ4v) is 4.08. The van der Waals surface area contributed by atoms with Gasteiger partial charge in [-0.15, -0.1) is 0 Å². The second kappa shape index (κ2) is 9.80. The van der Waals surface area contributed by atoms with Crippen LogP contribution in [0.5, 0.6) is 0 Å². The van der Waals surface area contributed by atoms with E-state index in [1.165, 1.54) is 31.4 Å². The number of anilines is 1. The van der Waals surface area contributed by atoms with E-state index in [2.05, 4.69) is 14.9 Å². The molecule has 0 aliphatic heterocycles. The monoisotopic (exact) mass is 409 g/mol. The van der Waals surface area contributed by atoms with Crippen LogP contribution in [0.25, 0.3) is 22.6 Å². The van der Waals surface area contributed by atoms with E-state index in [0.717, 1.165) is 48.3 Å². The number of rotatable bonds is 8. The van der Waals surface area contributed by atoms with Crippen LogP contribution < -0.4 is 5.32 Å². The van der Waals surface area contributed by atoms with Crippen LogP contribution in [0.1, 0.15) is 51.0 Å². The van der Waals surface area contributed by atoms with Crippen LogP contribution in [0.3, 0.4) is 0 Å². The number of unbranched alkanes of at least 4 members (excludes halogenated alkanes) is 1. The van der Waals surface area contributed by atoms with Gasteiger partial charge in [-0.05, 0) is 56.0 Å². The van der Waals surface area contributed by atoms with Crippen LogP contribution in [-0.4, -0.2) is 37.8 Å².